The first-order valence-corrected chi connectivity index (χ1v) is 10.6. The number of carboxylic acid groups (broad SMARTS) is 1. The molecule has 1 atom stereocenters. The Labute approximate surface area is 195 Å². The Balaban J connectivity index is 1.69. The van der Waals surface area contributed by atoms with Crippen LogP contribution < -0.4 is 0 Å². The number of hydrogen-bond donors (Lipinski definition) is 1. The maximum Gasteiger partial charge on any atom is 0.335 e. The van der Waals surface area contributed by atoms with Gasteiger partial charge in [0.05, 0.1) is 22.7 Å². The van der Waals surface area contributed by atoms with Crippen molar-refractivity contribution in [1.29, 1.82) is 0 Å². The SMILES string of the molecule is C/C(=N/N1C(=O)CN(Cc2ccccc2)[C@@H]1c1ccc(C(=O)O)cc1)c1ccc([N+](=O)[O-])cc1. The molecule has 4 rings (SSSR count). The summed E-state index contributed by atoms with van der Waals surface area (Å²) in [6.07, 6.45) is -0.538. The molecular weight excluding hydrogens is 436 g/mol. The molecule has 1 N–H and O–H groups in total. The van der Waals surface area contributed by atoms with E-state index in [1.54, 1.807) is 31.2 Å². The van der Waals surface area contributed by atoms with Crippen molar-refractivity contribution >= 4 is 23.3 Å². The van der Waals surface area contributed by atoms with Crippen molar-refractivity contribution in [2.75, 3.05) is 6.54 Å². The smallest absolute Gasteiger partial charge is 0.335 e. The lowest BCUT2D eigenvalue weighted by Gasteiger charge is -2.28. The standard InChI is InChI=1S/C25H22N4O5/c1-17(19-11-13-22(14-12-19)29(33)34)26-28-23(30)16-27(15-18-5-3-2-4-6-18)24(28)20-7-9-21(10-8-20)25(31)32/h2-14,24H,15-16H2,1H3,(H,31,32)/b26-17-/t24-/m0/s1. The molecule has 0 saturated carbocycles. The molecule has 1 heterocycles. The number of nitro benzene ring substituents is 1. The molecule has 9 heteroatoms. The van der Waals surface area contributed by atoms with Crippen molar-refractivity contribution in [1.82, 2.24) is 9.91 Å². The van der Waals surface area contributed by atoms with Crippen LogP contribution in [0.25, 0.3) is 0 Å². The van der Waals surface area contributed by atoms with Gasteiger partial charge in [-0.15, -0.1) is 0 Å². The second-order valence-electron chi connectivity index (χ2n) is 7.92. The summed E-state index contributed by atoms with van der Waals surface area (Å²) in [6.45, 7) is 2.37. The van der Waals surface area contributed by atoms with Gasteiger partial charge in [0.15, 0.2) is 0 Å². The third-order valence-corrected chi connectivity index (χ3v) is 5.61. The first-order chi connectivity index (χ1) is 16.3. The van der Waals surface area contributed by atoms with E-state index in [0.717, 1.165) is 11.1 Å². The van der Waals surface area contributed by atoms with Gasteiger partial charge in [-0.1, -0.05) is 42.5 Å². The molecule has 0 spiro atoms. The van der Waals surface area contributed by atoms with Crippen molar-refractivity contribution in [2.24, 2.45) is 5.10 Å². The summed E-state index contributed by atoms with van der Waals surface area (Å²) in [4.78, 5) is 36.8. The highest BCUT2D eigenvalue weighted by molar-refractivity contribution is 5.99. The van der Waals surface area contributed by atoms with Gasteiger partial charge in [-0.25, -0.2) is 9.80 Å². The molecule has 172 valence electrons. The zero-order valence-corrected chi connectivity index (χ0v) is 18.4. The molecule has 1 aliphatic rings. The van der Waals surface area contributed by atoms with Crippen LogP contribution in [0.1, 0.15) is 40.1 Å². The van der Waals surface area contributed by atoms with Crippen molar-refractivity contribution in [2.45, 2.75) is 19.6 Å². The fourth-order valence-electron chi connectivity index (χ4n) is 3.89. The van der Waals surface area contributed by atoms with Crippen LogP contribution in [0.5, 0.6) is 0 Å². The predicted molar refractivity (Wildman–Crippen MR) is 125 cm³/mol. The molecular formula is C25H22N4O5. The first-order valence-electron chi connectivity index (χ1n) is 10.6. The quantitative estimate of drug-likeness (QED) is 0.324. The molecule has 1 amide bonds. The predicted octanol–water partition coefficient (Wildman–Crippen LogP) is 4.06. The molecule has 0 bridgehead atoms. The number of carboxylic acids is 1. The van der Waals surface area contributed by atoms with Crippen molar-refractivity contribution in [3.8, 4) is 0 Å². The summed E-state index contributed by atoms with van der Waals surface area (Å²) < 4.78 is 0. The number of hydrazone groups is 1. The van der Waals surface area contributed by atoms with Gasteiger partial charge in [0.1, 0.15) is 6.17 Å². The summed E-state index contributed by atoms with van der Waals surface area (Å²) in [7, 11) is 0. The number of nitro groups is 1. The Bertz CT molecular complexity index is 1240. The number of carbonyl (C=O) groups excluding carboxylic acids is 1. The van der Waals surface area contributed by atoms with E-state index >= 15 is 0 Å². The lowest BCUT2D eigenvalue weighted by molar-refractivity contribution is -0.384. The molecule has 1 saturated heterocycles. The van der Waals surface area contributed by atoms with Gasteiger partial charge in [0.2, 0.25) is 0 Å². The minimum Gasteiger partial charge on any atom is -0.478 e. The number of non-ortho nitro benzene ring substituents is 1. The molecule has 0 unspecified atom stereocenters. The summed E-state index contributed by atoms with van der Waals surface area (Å²) >= 11 is 0. The molecule has 1 fully saturated rings. The number of nitrogens with zero attached hydrogens (tertiary/aromatic N) is 4. The van der Waals surface area contributed by atoms with Crippen LogP contribution in [0.4, 0.5) is 5.69 Å². The maximum absolute atomic E-state index is 13.0. The third kappa shape index (κ3) is 4.84. The molecule has 9 nitrogen and oxygen atoms in total. The summed E-state index contributed by atoms with van der Waals surface area (Å²) in [5.74, 6) is -1.23. The molecule has 3 aromatic rings. The van der Waals surface area contributed by atoms with E-state index in [4.69, 9.17) is 0 Å². The number of aromatic carboxylic acids is 1. The Hall–Kier alpha value is -4.37. The highest BCUT2D eigenvalue weighted by Gasteiger charge is 2.39. The number of rotatable bonds is 7. The van der Waals surface area contributed by atoms with Crippen LogP contribution in [0, 0.1) is 10.1 Å². The highest BCUT2D eigenvalue weighted by Crippen LogP contribution is 2.33. The molecule has 0 aromatic heterocycles. The van der Waals surface area contributed by atoms with Crippen LogP contribution in [-0.4, -0.2) is 44.1 Å². The normalized spacial score (nSPS) is 16.6. The fraction of sp³-hybridized carbons (Fsp3) is 0.160. The second kappa shape index (κ2) is 9.63. The zero-order chi connectivity index (χ0) is 24.2. The summed E-state index contributed by atoms with van der Waals surface area (Å²) in [5, 5.41) is 26.2. The van der Waals surface area contributed by atoms with Gasteiger partial charge in [0.25, 0.3) is 11.6 Å². The number of amides is 1. The lowest BCUT2D eigenvalue weighted by Crippen LogP contribution is -2.29. The van der Waals surface area contributed by atoms with Crippen molar-refractivity contribution in [3.63, 3.8) is 0 Å². The first kappa shape index (κ1) is 22.8. The number of hydrogen-bond acceptors (Lipinski definition) is 6. The Morgan fingerprint density at radius 2 is 1.65 bits per heavy atom. The lowest BCUT2D eigenvalue weighted by atomic mass is 10.1. The zero-order valence-electron chi connectivity index (χ0n) is 18.4. The highest BCUT2D eigenvalue weighted by atomic mass is 16.6. The van der Waals surface area contributed by atoms with Gasteiger partial charge in [0, 0.05) is 18.7 Å². The monoisotopic (exact) mass is 458 g/mol. The Kier molecular flexibility index (Phi) is 6.46. The van der Waals surface area contributed by atoms with Crippen LogP contribution in [0.2, 0.25) is 0 Å². The van der Waals surface area contributed by atoms with Gasteiger partial charge in [-0.2, -0.15) is 5.10 Å². The van der Waals surface area contributed by atoms with Crippen LogP contribution in [-0.2, 0) is 11.3 Å². The van der Waals surface area contributed by atoms with E-state index in [2.05, 4.69) is 5.10 Å². The van der Waals surface area contributed by atoms with E-state index in [-0.39, 0.29) is 23.7 Å². The van der Waals surface area contributed by atoms with Crippen molar-refractivity contribution < 1.29 is 19.6 Å². The molecule has 0 radical (unpaired) electrons. The van der Waals surface area contributed by atoms with Gasteiger partial charge < -0.3 is 5.11 Å². The fourth-order valence-corrected chi connectivity index (χ4v) is 3.89. The molecule has 0 aliphatic carbocycles. The Morgan fingerprint density at radius 3 is 2.24 bits per heavy atom. The van der Waals surface area contributed by atoms with Crippen LogP contribution in [0.15, 0.2) is 84.0 Å². The van der Waals surface area contributed by atoms with E-state index < -0.39 is 17.1 Å². The average Bonchev–Trinajstić information content (AvgIpc) is 3.14. The largest absolute Gasteiger partial charge is 0.478 e. The van der Waals surface area contributed by atoms with Gasteiger partial charge in [-0.05, 0) is 47.9 Å². The number of benzene rings is 3. The minimum absolute atomic E-state index is 0.0285. The minimum atomic E-state index is -1.03. The molecule has 34 heavy (non-hydrogen) atoms. The molecule has 3 aromatic carbocycles. The maximum atomic E-state index is 13.0. The topological polar surface area (TPSA) is 116 Å². The van der Waals surface area contributed by atoms with Gasteiger partial charge in [-0.3, -0.25) is 19.8 Å². The van der Waals surface area contributed by atoms with E-state index in [1.807, 2.05) is 35.2 Å². The third-order valence-electron chi connectivity index (χ3n) is 5.61. The van der Waals surface area contributed by atoms with Crippen LogP contribution in [0.3, 0.4) is 0 Å². The van der Waals surface area contributed by atoms with E-state index in [1.165, 1.54) is 29.3 Å². The average molecular weight is 458 g/mol. The van der Waals surface area contributed by atoms with E-state index in [0.29, 0.717) is 17.8 Å². The van der Waals surface area contributed by atoms with Gasteiger partial charge >= 0.3 is 5.97 Å². The van der Waals surface area contributed by atoms with Crippen LogP contribution >= 0.6 is 0 Å². The van der Waals surface area contributed by atoms with E-state index in [9.17, 15) is 24.8 Å². The second-order valence-corrected chi connectivity index (χ2v) is 7.92. The summed E-state index contributed by atoms with van der Waals surface area (Å²) in [5.41, 5.74) is 3.06. The van der Waals surface area contributed by atoms with Crippen molar-refractivity contribution in [3.05, 3.63) is 111 Å². The Morgan fingerprint density at radius 1 is 1.03 bits per heavy atom. The molecule has 1 aliphatic heterocycles. The number of carbonyl (C=O) groups is 2. The summed E-state index contributed by atoms with van der Waals surface area (Å²) in [6, 6.07) is 22.1.